The molecule has 0 aromatic heterocycles. The predicted octanol–water partition coefficient (Wildman–Crippen LogP) is 2.29. The Labute approximate surface area is 112 Å². The monoisotopic (exact) mass is 266 g/mol. The second-order valence-electron chi connectivity index (χ2n) is 5.00. The van der Waals surface area contributed by atoms with E-state index in [1.807, 2.05) is 0 Å². The number of nitrogens with two attached hydrogens (primary N) is 1. The van der Waals surface area contributed by atoms with Crippen LogP contribution in [0, 0.1) is 11.2 Å². The lowest BCUT2D eigenvalue weighted by atomic mass is 9.85. The van der Waals surface area contributed by atoms with E-state index in [2.05, 4.69) is 5.32 Å². The highest BCUT2D eigenvalue weighted by atomic mass is 19.1. The van der Waals surface area contributed by atoms with E-state index in [4.69, 9.17) is 10.5 Å². The molecule has 5 heteroatoms. The zero-order valence-electron chi connectivity index (χ0n) is 11.0. The topological polar surface area (TPSA) is 64.3 Å². The largest absolute Gasteiger partial charge is 0.494 e. The maximum Gasteiger partial charge on any atom is 0.231 e. The molecule has 4 nitrogen and oxygen atoms in total. The van der Waals surface area contributed by atoms with Crippen molar-refractivity contribution in [2.45, 2.75) is 25.7 Å². The molecule has 0 unspecified atom stereocenters. The highest BCUT2D eigenvalue weighted by Gasteiger charge is 2.39. The SMILES string of the molecule is COc1ccc(NC(=O)C2(CN)CCCC2)cc1F. The number of nitrogens with one attached hydrogen (secondary N) is 1. The van der Waals surface area contributed by atoms with E-state index < -0.39 is 11.2 Å². The summed E-state index contributed by atoms with van der Waals surface area (Å²) >= 11 is 0. The van der Waals surface area contributed by atoms with Gasteiger partial charge in [-0.15, -0.1) is 0 Å². The van der Waals surface area contributed by atoms with Crippen LogP contribution in [0.3, 0.4) is 0 Å². The average Bonchev–Trinajstić information content (AvgIpc) is 2.89. The summed E-state index contributed by atoms with van der Waals surface area (Å²) in [6, 6.07) is 4.38. The van der Waals surface area contributed by atoms with Crippen LogP contribution in [-0.2, 0) is 4.79 Å². The van der Waals surface area contributed by atoms with Gasteiger partial charge in [-0.3, -0.25) is 4.79 Å². The number of carbonyl (C=O) groups excluding carboxylic acids is 1. The molecular weight excluding hydrogens is 247 g/mol. The lowest BCUT2D eigenvalue weighted by Crippen LogP contribution is -2.40. The first-order chi connectivity index (χ1) is 9.11. The molecule has 0 bridgehead atoms. The number of halogens is 1. The second kappa shape index (κ2) is 5.57. The molecule has 104 valence electrons. The van der Waals surface area contributed by atoms with Crippen LogP contribution in [0.2, 0.25) is 0 Å². The van der Waals surface area contributed by atoms with Crippen LogP contribution in [0.15, 0.2) is 18.2 Å². The van der Waals surface area contributed by atoms with Gasteiger partial charge in [0.15, 0.2) is 11.6 Å². The highest BCUT2D eigenvalue weighted by Crippen LogP contribution is 2.38. The van der Waals surface area contributed by atoms with E-state index in [-0.39, 0.29) is 11.7 Å². The van der Waals surface area contributed by atoms with Crippen molar-refractivity contribution in [2.75, 3.05) is 19.0 Å². The van der Waals surface area contributed by atoms with Crippen LogP contribution in [-0.4, -0.2) is 19.6 Å². The molecule has 1 saturated carbocycles. The minimum Gasteiger partial charge on any atom is -0.494 e. The van der Waals surface area contributed by atoms with Crippen LogP contribution in [0.4, 0.5) is 10.1 Å². The standard InChI is InChI=1S/C14H19FN2O2/c1-19-12-5-4-10(8-11(12)15)17-13(18)14(9-16)6-2-3-7-14/h4-5,8H,2-3,6-7,9,16H2,1H3,(H,17,18). The van der Waals surface area contributed by atoms with Gasteiger partial charge in [0, 0.05) is 18.3 Å². The molecule has 2 rings (SSSR count). The van der Waals surface area contributed by atoms with Crippen LogP contribution >= 0.6 is 0 Å². The predicted molar refractivity (Wildman–Crippen MR) is 71.5 cm³/mol. The number of carbonyl (C=O) groups is 1. The summed E-state index contributed by atoms with van der Waals surface area (Å²) in [6.07, 6.45) is 3.63. The van der Waals surface area contributed by atoms with Gasteiger partial charge in [-0.25, -0.2) is 4.39 Å². The van der Waals surface area contributed by atoms with E-state index in [0.717, 1.165) is 25.7 Å². The summed E-state index contributed by atoms with van der Waals surface area (Å²) in [5.74, 6) is -0.446. The third kappa shape index (κ3) is 2.71. The van der Waals surface area contributed by atoms with Crippen molar-refractivity contribution in [1.29, 1.82) is 0 Å². The Balaban J connectivity index is 2.12. The van der Waals surface area contributed by atoms with E-state index >= 15 is 0 Å². The van der Waals surface area contributed by atoms with Crippen molar-refractivity contribution in [1.82, 2.24) is 0 Å². The minimum absolute atomic E-state index is 0.114. The Kier molecular flexibility index (Phi) is 4.04. The summed E-state index contributed by atoms with van der Waals surface area (Å²) in [7, 11) is 1.40. The number of benzene rings is 1. The van der Waals surface area contributed by atoms with Crippen molar-refractivity contribution < 1.29 is 13.9 Å². The molecule has 1 aliphatic rings. The Morgan fingerprint density at radius 3 is 2.68 bits per heavy atom. The number of hydrogen-bond acceptors (Lipinski definition) is 3. The first-order valence-corrected chi connectivity index (χ1v) is 6.46. The molecule has 3 N–H and O–H groups in total. The number of methoxy groups -OCH3 is 1. The molecule has 0 spiro atoms. The molecule has 0 saturated heterocycles. The van der Waals surface area contributed by atoms with Gasteiger partial charge >= 0.3 is 0 Å². The van der Waals surface area contributed by atoms with Crippen LogP contribution in [0.1, 0.15) is 25.7 Å². The number of hydrogen-bond donors (Lipinski definition) is 2. The van der Waals surface area contributed by atoms with Gasteiger partial charge in [-0.2, -0.15) is 0 Å². The Morgan fingerprint density at radius 1 is 1.47 bits per heavy atom. The van der Waals surface area contributed by atoms with Gasteiger partial charge in [0.2, 0.25) is 5.91 Å². The number of rotatable bonds is 4. The van der Waals surface area contributed by atoms with Crippen LogP contribution < -0.4 is 15.8 Å². The van der Waals surface area contributed by atoms with E-state index in [0.29, 0.717) is 12.2 Å². The summed E-state index contributed by atoms with van der Waals surface area (Å²) in [4.78, 5) is 12.3. The first-order valence-electron chi connectivity index (χ1n) is 6.46. The number of ether oxygens (including phenoxy) is 1. The van der Waals surface area contributed by atoms with Crippen molar-refractivity contribution >= 4 is 11.6 Å². The second-order valence-corrected chi connectivity index (χ2v) is 5.00. The molecule has 0 atom stereocenters. The average molecular weight is 266 g/mol. The number of anilines is 1. The maximum absolute atomic E-state index is 13.6. The van der Waals surface area contributed by atoms with Crippen molar-refractivity contribution in [3.05, 3.63) is 24.0 Å². The van der Waals surface area contributed by atoms with Gasteiger partial charge < -0.3 is 15.8 Å². The van der Waals surface area contributed by atoms with Crippen LogP contribution in [0.25, 0.3) is 0 Å². The summed E-state index contributed by atoms with van der Waals surface area (Å²) < 4.78 is 18.4. The van der Waals surface area contributed by atoms with Crippen molar-refractivity contribution in [2.24, 2.45) is 11.1 Å². The highest BCUT2D eigenvalue weighted by molar-refractivity contribution is 5.95. The molecule has 19 heavy (non-hydrogen) atoms. The third-order valence-corrected chi connectivity index (χ3v) is 3.84. The zero-order chi connectivity index (χ0) is 13.9. The smallest absolute Gasteiger partial charge is 0.231 e. The maximum atomic E-state index is 13.6. The molecule has 0 radical (unpaired) electrons. The van der Waals surface area contributed by atoms with Gasteiger partial charge in [-0.05, 0) is 25.0 Å². The van der Waals surface area contributed by atoms with Gasteiger partial charge in [0.05, 0.1) is 12.5 Å². The molecule has 1 amide bonds. The summed E-state index contributed by atoms with van der Waals surface area (Å²) in [5, 5.41) is 2.75. The fraction of sp³-hybridized carbons (Fsp3) is 0.500. The normalized spacial score (nSPS) is 17.2. The van der Waals surface area contributed by atoms with E-state index in [9.17, 15) is 9.18 Å². The zero-order valence-corrected chi connectivity index (χ0v) is 11.0. The minimum atomic E-state index is -0.492. The molecule has 1 aromatic carbocycles. The van der Waals surface area contributed by atoms with Gasteiger partial charge in [-0.1, -0.05) is 12.8 Å². The Morgan fingerprint density at radius 2 is 2.16 bits per heavy atom. The third-order valence-electron chi connectivity index (χ3n) is 3.84. The van der Waals surface area contributed by atoms with Crippen molar-refractivity contribution in [3.8, 4) is 5.75 Å². The molecule has 1 fully saturated rings. The lowest BCUT2D eigenvalue weighted by molar-refractivity contribution is -0.124. The Bertz CT molecular complexity index is 471. The van der Waals surface area contributed by atoms with Crippen molar-refractivity contribution in [3.63, 3.8) is 0 Å². The lowest BCUT2D eigenvalue weighted by Gasteiger charge is -2.25. The van der Waals surface area contributed by atoms with Crippen LogP contribution in [0.5, 0.6) is 5.75 Å². The quantitative estimate of drug-likeness (QED) is 0.878. The Hall–Kier alpha value is -1.62. The molecule has 0 aliphatic heterocycles. The number of amides is 1. The molecule has 0 heterocycles. The van der Waals surface area contributed by atoms with Gasteiger partial charge in [0.25, 0.3) is 0 Å². The molecule has 1 aromatic rings. The van der Waals surface area contributed by atoms with Gasteiger partial charge in [0.1, 0.15) is 0 Å². The summed E-state index contributed by atoms with van der Waals surface area (Å²) in [5.41, 5.74) is 5.69. The summed E-state index contributed by atoms with van der Waals surface area (Å²) in [6.45, 7) is 0.331. The van der Waals surface area contributed by atoms with E-state index in [1.165, 1.54) is 19.2 Å². The molecular formula is C14H19FN2O2. The van der Waals surface area contributed by atoms with E-state index in [1.54, 1.807) is 6.07 Å². The fourth-order valence-corrected chi connectivity index (χ4v) is 2.58. The fourth-order valence-electron chi connectivity index (χ4n) is 2.58. The molecule has 1 aliphatic carbocycles. The first kappa shape index (κ1) is 13.8.